The van der Waals surface area contributed by atoms with Crippen molar-refractivity contribution in [1.82, 2.24) is 10.1 Å². The summed E-state index contributed by atoms with van der Waals surface area (Å²) in [7, 11) is 4.23. The van der Waals surface area contributed by atoms with Gasteiger partial charge >= 0.3 is 5.97 Å². The molecule has 1 aromatic carbocycles. The minimum absolute atomic E-state index is 0.114. The van der Waals surface area contributed by atoms with Crippen LogP contribution in [0.4, 0.5) is 0 Å². The fourth-order valence-electron chi connectivity index (χ4n) is 1.81. The van der Waals surface area contributed by atoms with E-state index in [1.54, 1.807) is 6.07 Å². The molecule has 0 aliphatic heterocycles. The lowest BCUT2D eigenvalue weighted by Gasteiger charge is -2.12. The lowest BCUT2D eigenvalue weighted by atomic mass is 10.1. The van der Waals surface area contributed by atoms with Gasteiger partial charge in [-0.25, -0.2) is 4.79 Å². The molecule has 112 valence electrons. The fourth-order valence-corrected chi connectivity index (χ4v) is 1.81. The van der Waals surface area contributed by atoms with Crippen LogP contribution in [-0.4, -0.2) is 37.4 Å². The molecule has 1 heterocycles. The Labute approximate surface area is 120 Å². The van der Waals surface area contributed by atoms with E-state index in [2.05, 4.69) is 10.1 Å². The van der Waals surface area contributed by atoms with Crippen LogP contribution in [0.1, 0.15) is 16.2 Å². The van der Waals surface area contributed by atoms with Crippen molar-refractivity contribution in [2.24, 2.45) is 5.73 Å². The maximum absolute atomic E-state index is 11.7. The second-order valence-electron chi connectivity index (χ2n) is 3.97. The number of nitrogens with zero attached hydrogens (tertiary/aromatic N) is 2. The Morgan fingerprint density at radius 2 is 2.05 bits per heavy atom. The van der Waals surface area contributed by atoms with Crippen LogP contribution in [0.15, 0.2) is 16.7 Å². The number of esters is 1. The molecule has 1 aromatic heterocycles. The Bertz CT molecular complexity index is 653. The van der Waals surface area contributed by atoms with Gasteiger partial charge in [0.25, 0.3) is 0 Å². The number of nitrogens with two attached hydrogens (primary N) is 1. The molecule has 0 bridgehead atoms. The predicted molar refractivity (Wildman–Crippen MR) is 72.1 cm³/mol. The maximum atomic E-state index is 11.7. The third-order valence-corrected chi connectivity index (χ3v) is 2.78. The number of carbonyl (C=O) groups is 1. The molecule has 0 radical (unpaired) electrons. The Morgan fingerprint density at radius 3 is 2.57 bits per heavy atom. The van der Waals surface area contributed by atoms with E-state index < -0.39 is 5.97 Å². The number of methoxy groups -OCH3 is 3. The van der Waals surface area contributed by atoms with Crippen LogP contribution in [0.5, 0.6) is 11.5 Å². The topological polar surface area (TPSA) is 110 Å². The number of hydrogen-bond donors (Lipinski definition) is 1. The highest BCUT2D eigenvalue weighted by Gasteiger charge is 2.21. The smallest absolute Gasteiger partial charge is 0.338 e. The van der Waals surface area contributed by atoms with Crippen LogP contribution in [0.25, 0.3) is 11.4 Å². The molecule has 0 fully saturated rings. The molecule has 0 saturated carbocycles. The number of benzene rings is 1. The highest BCUT2D eigenvalue weighted by molar-refractivity contribution is 5.92. The summed E-state index contributed by atoms with van der Waals surface area (Å²) in [6.07, 6.45) is 0. The first-order valence-corrected chi connectivity index (χ1v) is 6.02. The normalized spacial score (nSPS) is 10.3. The second kappa shape index (κ2) is 6.23. The van der Waals surface area contributed by atoms with Gasteiger partial charge in [0.1, 0.15) is 0 Å². The summed E-state index contributed by atoms with van der Waals surface area (Å²) in [5, 5.41) is 3.81. The van der Waals surface area contributed by atoms with Crippen molar-refractivity contribution in [3.05, 3.63) is 23.6 Å². The zero-order chi connectivity index (χ0) is 15.4. The molecule has 2 N–H and O–H groups in total. The highest BCUT2D eigenvalue weighted by Crippen LogP contribution is 2.38. The van der Waals surface area contributed by atoms with Gasteiger partial charge in [0.15, 0.2) is 11.5 Å². The largest absolute Gasteiger partial charge is 0.493 e. The molecule has 0 aliphatic rings. The first-order chi connectivity index (χ1) is 10.1. The molecule has 8 nitrogen and oxygen atoms in total. The van der Waals surface area contributed by atoms with Crippen molar-refractivity contribution in [2.75, 3.05) is 21.3 Å². The average molecular weight is 293 g/mol. The molecule has 2 aromatic rings. The Morgan fingerprint density at radius 1 is 1.29 bits per heavy atom. The quantitative estimate of drug-likeness (QED) is 0.813. The summed E-state index contributed by atoms with van der Waals surface area (Å²) >= 11 is 0. The monoisotopic (exact) mass is 293 g/mol. The van der Waals surface area contributed by atoms with Crippen molar-refractivity contribution >= 4 is 5.97 Å². The molecule has 0 aliphatic carbocycles. The first kappa shape index (κ1) is 14.8. The van der Waals surface area contributed by atoms with E-state index in [1.807, 2.05) is 0 Å². The SMILES string of the molecule is COC(=O)c1cc(OC)c(OC)c(-c2noc(CN)n2)c1. The molecule has 0 saturated heterocycles. The zero-order valence-electron chi connectivity index (χ0n) is 11.9. The molecular weight excluding hydrogens is 278 g/mol. The summed E-state index contributed by atoms with van der Waals surface area (Å²) in [5.41, 5.74) is 6.17. The Balaban J connectivity index is 2.63. The van der Waals surface area contributed by atoms with Gasteiger partial charge in [-0.05, 0) is 12.1 Å². The van der Waals surface area contributed by atoms with E-state index in [1.165, 1.54) is 27.4 Å². The van der Waals surface area contributed by atoms with Gasteiger partial charge in [-0.2, -0.15) is 4.98 Å². The molecule has 0 spiro atoms. The van der Waals surface area contributed by atoms with Gasteiger partial charge in [-0.3, -0.25) is 0 Å². The van der Waals surface area contributed by atoms with Crippen LogP contribution in [0.3, 0.4) is 0 Å². The van der Waals surface area contributed by atoms with Crippen molar-refractivity contribution in [3.63, 3.8) is 0 Å². The lowest BCUT2D eigenvalue weighted by Crippen LogP contribution is -2.04. The van der Waals surface area contributed by atoms with Crippen LogP contribution >= 0.6 is 0 Å². The van der Waals surface area contributed by atoms with Crippen molar-refractivity contribution in [3.8, 4) is 22.9 Å². The minimum atomic E-state index is -0.514. The van der Waals surface area contributed by atoms with Crippen LogP contribution in [-0.2, 0) is 11.3 Å². The van der Waals surface area contributed by atoms with Crippen LogP contribution in [0, 0.1) is 0 Å². The third-order valence-electron chi connectivity index (χ3n) is 2.78. The van der Waals surface area contributed by atoms with E-state index in [9.17, 15) is 4.79 Å². The van der Waals surface area contributed by atoms with Crippen LogP contribution in [0.2, 0.25) is 0 Å². The summed E-state index contributed by atoms with van der Waals surface area (Å²) in [5.74, 6) is 0.745. The maximum Gasteiger partial charge on any atom is 0.338 e. The Hall–Kier alpha value is -2.61. The molecular formula is C13H15N3O5. The van der Waals surface area contributed by atoms with Gasteiger partial charge in [0.2, 0.25) is 11.7 Å². The lowest BCUT2D eigenvalue weighted by molar-refractivity contribution is 0.0600. The average Bonchev–Trinajstić information content (AvgIpc) is 3.01. The van der Waals surface area contributed by atoms with Crippen LogP contribution < -0.4 is 15.2 Å². The van der Waals surface area contributed by atoms with Gasteiger partial charge in [0, 0.05) is 0 Å². The molecule has 0 atom stereocenters. The second-order valence-corrected chi connectivity index (χ2v) is 3.97. The van der Waals surface area contributed by atoms with Gasteiger partial charge in [-0.15, -0.1) is 0 Å². The number of rotatable bonds is 5. The Kier molecular flexibility index (Phi) is 4.39. The number of hydrogen-bond acceptors (Lipinski definition) is 8. The molecule has 0 amide bonds. The van der Waals surface area contributed by atoms with E-state index in [0.29, 0.717) is 17.1 Å². The standard InChI is InChI=1S/C13H15N3O5/c1-18-9-5-7(13(17)20-3)4-8(11(9)19-2)12-15-10(6-14)21-16-12/h4-5H,6,14H2,1-3H3. The van der Waals surface area contributed by atoms with Gasteiger partial charge in [0.05, 0.1) is 39.0 Å². The molecule has 0 unspecified atom stereocenters. The number of ether oxygens (including phenoxy) is 3. The predicted octanol–water partition coefficient (Wildman–Crippen LogP) is 0.999. The van der Waals surface area contributed by atoms with E-state index in [4.69, 9.17) is 24.5 Å². The third kappa shape index (κ3) is 2.79. The first-order valence-electron chi connectivity index (χ1n) is 6.02. The van der Waals surface area contributed by atoms with E-state index in [-0.39, 0.29) is 23.8 Å². The number of carbonyl (C=O) groups excluding carboxylic acids is 1. The summed E-state index contributed by atoms with van der Waals surface area (Å²) in [6.45, 7) is 0.114. The van der Waals surface area contributed by atoms with Crippen molar-refractivity contribution in [2.45, 2.75) is 6.54 Å². The van der Waals surface area contributed by atoms with E-state index >= 15 is 0 Å². The molecule has 8 heteroatoms. The van der Waals surface area contributed by atoms with Crippen molar-refractivity contribution < 1.29 is 23.5 Å². The summed E-state index contributed by atoms with van der Waals surface area (Å²) in [6, 6.07) is 3.05. The van der Waals surface area contributed by atoms with E-state index in [0.717, 1.165) is 0 Å². The van der Waals surface area contributed by atoms with Gasteiger partial charge < -0.3 is 24.5 Å². The summed E-state index contributed by atoms with van der Waals surface area (Å²) < 4.78 is 20.2. The molecule has 21 heavy (non-hydrogen) atoms. The van der Waals surface area contributed by atoms with Gasteiger partial charge in [-0.1, -0.05) is 5.16 Å². The molecule has 2 rings (SSSR count). The highest BCUT2D eigenvalue weighted by atomic mass is 16.5. The summed E-state index contributed by atoms with van der Waals surface area (Å²) in [4.78, 5) is 15.8. The minimum Gasteiger partial charge on any atom is -0.493 e. The number of aromatic nitrogens is 2. The zero-order valence-corrected chi connectivity index (χ0v) is 11.9. The van der Waals surface area contributed by atoms with Crippen molar-refractivity contribution in [1.29, 1.82) is 0 Å². The fraction of sp³-hybridized carbons (Fsp3) is 0.308.